The van der Waals surface area contributed by atoms with Gasteiger partial charge in [-0.2, -0.15) is 0 Å². The fourth-order valence-corrected chi connectivity index (χ4v) is 2.45. The largest absolute Gasteiger partial charge is 0.472 e. The standard InChI is InChI=1S/C17H22N2O3S/c1-4-10-21-17(20)14-7-5-6-13(12(2)3)15(14)11-22-16-8-9-19(23)18-16/h5-9,12,23H,4,10-11H2,1-3H3. The third kappa shape index (κ3) is 4.51. The van der Waals surface area contributed by atoms with Crippen molar-refractivity contribution in [2.75, 3.05) is 6.61 Å². The molecular weight excluding hydrogens is 312 g/mol. The SMILES string of the molecule is CCCOC(=O)c1cccc(C(C)C)c1COc1ccn(S)n1. The Bertz CT molecular complexity index is 668. The summed E-state index contributed by atoms with van der Waals surface area (Å²) in [7, 11) is 0. The minimum atomic E-state index is -0.312. The molecule has 0 aliphatic carbocycles. The molecule has 0 amide bonds. The van der Waals surface area contributed by atoms with Crippen molar-refractivity contribution in [3.8, 4) is 5.88 Å². The summed E-state index contributed by atoms with van der Waals surface area (Å²) in [5, 5.41) is 4.07. The van der Waals surface area contributed by atoms with Crippen LogP contribution in [-0.2, 0) is 11.3 Å². The van der Waals surface area contributed by atoms with E-state index in [1.165, 1.54) is 4.09 Å². The van der Waals surface area contributed by atoms with Gasteiger partial charge in [0.2, 0.25) is 5.88 Å². The van der Waals surface area contributed by atoms with E-state index in [0.717, 1.165) is 17.5 Å². The van der Waals surface area contributed by atoms with Crippen LogP contribution >= 0.6 is 12.8 Å². The van der Waals surface area contributed by atoms with Gasteiger partial charge in [0.25, 0.3) is 0 Å². The molecule has 0 radical (unpaired) electrons. The van der Waals surface area contributed by atoms with E-state index < -0.39 is 0 Å². The number of aromatic nitrogens is 2. The van der Waals surface area contributed by atoms with Crippen molar-refractivity contribution in [3.63, 3.8) is 0 Å². The van der Waals surface area contributed by atoms with Crippen LogP contribution in [0.3, 0.4) is 0 Å². The Morgan fingerprint density at radius 1 is 1.35 bits per heavy atom. The normalized spacial score (nSPS) is 10.8. The fourth-order valence-electron chi connectivity index (χ4n) is 2.29. The maximum Gasteiger partial charge on any atom is 0.338 e. The third-order valence-electron chi connectivity index (χ3n) is 3.41. The number of rotatable bonds is 7. The molecule has 0 aliphatic heterocycles. The molecular formula is C17H22N2O3S. The third-order valence-corrected chi connectivity index (χ3v) is 3.63. The van der Waals surface area contributed by atoms with Gasteiger partial charge in [-0.15, -0.1) is 5.10 Å². The number of carbonyl (C=O) groups is 1. The van der Waals surface area contributed by atoms with Crippen molar-refractivity contribution in [1.29, 1.82) is 0 Å². The van der Waals surface area contributed by atoms with Gasteiger partial charge in [-0.05, 0) is 36.8 Å². The molecule has 1 aromatic carbocycles. The highest BCUT2D eigenvalue weighted by Gasteiger charge is 2.18. The molecule has 124 valence electrons. The van der Waals surface area contributed by atoms with Gasteiger partial charge < -0.3 is 9.47 Å². The Balaban J connectivity index is 2.27. The topological polar surface area (TPSA) is 53.4 Å². The molecule has 2 aromatic rings. The number of hydrogen-bond donors (Lipinski definition) is 1. The molecule has 0 fully saturated rings. The molecule has 0 spiro atoms. The van der Waals surface area contributed by atoms with Crippen LogP contribution in [0, 0.1) is 0 Å². The number of thiol groups is 1. The van der Waals surface area contributed by atoms with Crippen LogP contribution in [0.5, 0.6) is 5.88 Å². The van der Waals surface area contributed by atoms with Gasteiger partial charge in [0.15, 0.2) is 0 Å². The Morgan fingerprint density at radius 2 is 2.13 bits per heavy atom. The van der Waals surface area contributed by atoms with Gasteiger partial charge in [0, 0.05) is 17.8 Å². The lowest BCUT2D eigenvalue weighted by molar-refractivity contribution is 0.0502. The van der Waals surface area contributed by atoms with E-state index >= 15 is 0 Å². The maximum absolute atomic E-state index is 12.3. The van der Waals surface area contributed by atoms with E-state index in [4.69, 9.17) is 9.47 Å². The summed E-state index contributed by atoms with van der Waals surface area (Å²) in [6.07, 6.45) is 2.48. The predicted molar refractivity (Wildman–Crippen MR) is 92.0 cm³/mol. The quantitative estimate of drug-likeness (QED) is 0.617. The van der Waals surface area contributed by atoms with Gasteiger partial charge in [0.1, 0.15) is 6.61 Å². The van der Waals surface area contributed by atoms with E-state index in [2.05, 4.69) is 31.8 Å². The zero-order chi connectivity index (χ0) is 16.8. The summed E-state index contributed by atoms with van der Waals surface area (Å²) in [4.78, 5) is 12.3. The first kappa shape index (κ1) is 17.4. The Morgan fingerprint density at radius 3 is 2.74 bits per heavy atom. The number of hydrogen-bond acceptors (Lipinski definition) is 5. The molecule has 1 heterocycles. The highest BCUT2D eigenvalue weighted by Crippen LogP contribution is 2.25. The predicted octanol–water partition coefficient (Wildman–Crippen LogP) is 3.85. The second-order valence-corrected chi connectivity index (χ2v) is 5.94. The lowest BCUT2D eigenvalue weighted by atomic mass is 9.93. The zero-order valence-electron chi connectivity index (χ0n) is 13.7. The van der Waals surface area contributed by atoms with Gasteiger partial charge in [-0.1, -0.05) is 32.9 Å². The van der Waals surface area contributed by atoms with Gasteiger partial charge in [-0.25, -0.2) is 8.88 Å². The first-order chi connectivity index (χ1) is 11.0. The highest BCUT2D eigenvalue weighted by molar-refractivity contribution is 7.78. The second kappa shape index (κ2) is 8.06. The molecule has 6 heteroatoms. The monoisotopic (exact) mass is 334 g/mol. The number of nitrogens with zero attached hydrogens (tertiary/aromatic N) is 2. The van der Waals surface area contributed by atoms with Crippen molar-refractivity contribution in [1.82, 2.24) is 9.19 Å². The summed E-state index contributed by atoms with van der Waals surface area (Å²) in [6.45, 7) is 6.81. The summed E-state index contributed by atoms with van der Waals surface area (Å²) in [5.74, 6) is 0.425. The lowest BCUT2D eigenvalue weighted by Crippen LogP contribution is -2.13. The molecule has 0 saturated heterocycles. The van der Waals surface area contributed by atoms with Crippen LogP contribution in [0.2, 0.25) is 0 Å². The molecule has 0 atom stereocenters. The highest BCUT2D eigenvalue weighted by atomic mass is 32.1. The van der Waals surface area contributed by atoms with E-state index in [-0.39, 0.29) is 18.5 Å². The fraction of sp³-hybridized carbons (Fsp3) is 0.412. The number of ether oxygens (including phenoxy) is 2. The number of benzene rings is 1. The summed E-state index contributed by atoms with van der Waals surface area (Å²) < 4.78 is 12.4. The Labute approximate surface area is 142 Å². The maximum atomic E-state index is 12.3. The van der Waals surface area contributed by atoms with E-state index in [1.54, 1.807) is 18.3 Å². The molecule has 0 aliphatic rings. The van der Waals surface area contributed by atoms with Crippen LogP contribution in [-0.4, -0.2) is 21.8 Å². The Hall–Kier alpha value is -1.95. The van der Waals surface area contributed by atoms with Crippen molar-refractivity contribution in [3.05, 3.63) is 47.2 Å². The van der Waals surface area contributed by atoms with Crippen LogP contribution in [0.25, 0.3) is 0 Å². The molecule has 23 heavy (non-hydrogen) atoms. The van der Waals surface area contributed by atoms with Gasteiger partial charge in [-0.3, -0.25) is 0 Å². The molecule has 5 nitrogen and oxygen atoms in total. The van der Waals surface area contributed by atoms with Crippen LogP contribution in [0.15, 0.2) is 30.5 Å². The average molecular weight is 334 g/mol. The number of carbonyl (C=O) groups excluding carboxylic acids is 1. The lowest BCUT2D eigenvalue weighted by Gasteiger charge is -2.16. The second-order valence-electron chi connectivity index (χ2n) is 5.53. The Kier molecular flexibility index (Phi) is 6.10. The molecule has 0 unspecified atom stereocenters. The van der Waals surface area contributed by atoms with E-state index in [1.807, 2.05) is 19.1 Å². The first-order valence-corrected chi connectivity index (χ1v) is 8.09. The van der Waals surface area contributed by atoms with Gasteiger partial charge in [0.05, 0.1) is 12.2 Å². The first-order valence-electron chi connectivity index (χ1n) is 7.69. The van der Waals surface area contributed by atoms with Crippen LogP contribution in [0.1, 0.15) is 54.6 Å². The molecule has 0 N–H and O–H groups in total. The van der Waals surface area contributed by atoms with Gasteiger partial charge >= 0.3 is 5.97 Å². The molecule has 1 aromatic heterocycles. The minimum Gasteiger partial charge on any atom is -0.472 e. The van der Waals surface area contributed by atoms with Crippen LogP contribution in [0.4, 0.5) is 0 Å². The van der Waals surface area contributed by atoms with Crippen molar-refractivity contribution in [2.24, 2.45) is 0 Å². The van der Waals surface area contributed by atoms with Crippen molar-refractivity contribution < 1.29 is 14.3 Å². The summed E-state index contributed by atoms with van der Waals surface area (Å²) in [5.41, 5.74) is 2.47. The number of esters is 1. The van der Waals surface area contributed by atoms with E-state index in [9.17, 15) is 4.79 Å². The van der Waals surface area contributed by atoms with Crippen molar-refractivity contribution in [2.45, 2.75) is 39.7 Å². The summed E-state index contributed by atoms with van der Waals surface area (Å²) in [6, 6.07) is 7.39. The molecule has 0 bridgehead atoms. The average Bonchev–Trinajstić information content (AvgIpc) is 2.95. The molecule has 0 saturated carbocycles. The smallest absolute Gasteiger partial charge is 0.338 e. The van der Waals surface area contributed by atoms with E-state index in [0.29, 0.717) is 18.1 Å². The molecule has 2 rings (SSSR count). The van der Waals surface area contributed by atoms with Crippen LogP contribution < -0.4 is 4.74 Å². The van der Waals surface area contributed by atoms with Crippen molar-refractivity contribution >= 4 is 18.8 Å². The zero-order valence-corrected chi connectivity index (χ0v) is 14.5. The minimum absolute atomic E-state index is 0.260. The summed E-state index contributed by atoms with van der Waals surface area (Å²) >= 11 is 4.08.